The second-order valence-corrected chi connectivity index (χ2v) is 14.9. The molecule has 0 aliphatic heterocycles. The first-order valence-corrected chi connectivity index (χ1v) is 14.9. The second kappa shape index (κ2) is 9.80. The lowest BCUT2D eigenvalue weighted by Crippen LogP contribution is -2.55. The summed E-state index contributed by atoms with van der Waals surface area (Å²) in [4.78, 5) is 13.7. The van der Waals surface area contributed by atoms with E-state index >= 15 is 0 Å². The van der Waals surface area contributed by atoms with Gasteiger partial charge in [0.25, 0.3) is 0 Å². The summed E-state index contributed by atoms with van der Waals surface area (Å²) in [5, 5.41) is 10.5. The number of carbonyl (C=O) groups excluding carboxylic acids is 1. The smallest absolute Gasteiger partial charge is 0.313 e. The van der Waals surface area contributed by atoms with Crippen LogP contribution in [0.2, 0.25) is 0 Å². The quantitative estimate of drug-likeness (QED) is 0.306. The molecule has 0 aromatic rings. The van der Waals surface area contributed by atoms with E-state index in [1.165, 1.54) is 50.5 Å². The predicted molar refractivity (Wildman–Crippen MR) is 144 cm³/mol. The Morgan fingerprint density at radius 2 is 1.77 bits per heavy atom. The lowest BCUT2D eigenvalue weighted by atomic mass is 9.45. The Labute approximate surface area is 215 Å². The first kappa shape index (κ1) is 27.2. The van der Waals surface area contributed by atoms with Crippen LogP contribution in [0, 0.1) is 52.3 Å². The molecule has 4 rings (SSSR count). The van der Waals surface area contributed by atoms with Gasteiger partial charge in [-0.15, -0.1) is 0 Å². The molecule has 0 amide bonds. The normalized spacial score (nSPS) is 42.1. The maximum absolute atomic E-state index is 13.7. The van der Waals surface area contributed by atoms with Crippen LogP contribution in [0.3, 0.4) is 0 Å². The molecule has 35 heavy (non-hydrogen) atoms. The van der Waals surface area contributed by atoms with Crippen molar-refractivity contribution in [2.45, 2.75) is 131 Å². The Morgan fingerprint density at radius 3 is 2.43 bits per heavy atom. The van der Waals surface area contributed by atoms with Crippen molar-refractivity contribution < 1.29 is 14.6 Å². The van der Waals surface area contributed by atoms with Crippen molar-refractivity contribution >= 4 is 5.97 Å². The van der Waals surface area contributed by atoms with Gasteiger partial charge >= 0.3 is 5.97 Å². The fraction of sp³-hybridized carbons (Fsp3) is 0.906. The summed E-state index contributed by atoms with van der Waals surface area (Å²) in [6.45, 7) is 18.2. The van der Waals surface area contributed by atoms with Crippen molar-refractivity contribution in [3.05, 3.63) is 11.6 Å². The Morgan fingerprint density at radius 1 is 1.06 bits per heavy atom. The molecule has 0 aromatic heterocycles. The third-order valence-electron chi connectivity index (χ3n) is 11.0. The van der Waals surface area contributed by atoms with Gasteiger partial charge in [0.2, 0.25) is 0 Å². The Hall–Kier alpha value is -0.830. The van der Waals surface area contributed by atoms with Crippen molar-refractivity contribution in [2.75, 3.05) is 0 Å². The van der Waals surface area contributed by atoms with Crippen LogP contribution < -0.4 is 0 Å². The highest BCUT2D eigenvalue weighted by Crippen LogP contribution is 2.68. The van der Waals surface area contributed by atoms with Crippen LogP contribution in [0.25, 0.3) is 0 Å². The number of ether oxygens (including phenoxy) is 1. The Balaban J connectivity index is 1.65. The van der Waals surface area contributed by atoms with Crippen molar-refractivity contribution in [3.63, 3.8) is 0 Å². The summed E-state index contributed by atoms with van der Waals surface area (Å²) in [5.74, 6) is 3.63. The minimum absolute atomic E-state index is 0.0280. The third kappa shape index (κ3) is 5.14. The van der Waals surface area contributed by atoms with Crippen LogP contribution >= 0.6 is 0 Å². The van der Waals surface area contributed by atoms with E-state index in [-0.39, 0.29) is 23.4 Å². The van der Waals surface area contributed by atoms with Gasteiger partial charge in [0.05, 0.1) is 12.0 Å². The third-order valence-corrected chi connectivity index (χ3v) is 11.0. The molecule has 1 N–H and O–H groups in total. The van der Waals surface area contributed by atoms with Gasteiger partial charge in [-0.25, -0.2) is 0 Å². The Kier molecular flexibility index (Phi) is 7.62. The van der Waals surface area contributed by atoms with E-state index in [1.807, 2.05) is 20.8 Å². The number of carbonyl (C=O) groups is 1. The minimum atomic E-state index is -0.473. The summed E-state index contributed by atoms with van der Waals surface area (Å²) in [6.07, 6.45) is 13.8. The van der Waals surface area contributed by atoms with E-state index in [0.717, 1.165) is 37.0 Å². The van der Waals surface area contributed by atoms with Crippen LogP contribution in [0.5, 0.6) is 0 Å². The summed E-state index contributed by atoms with van der Waals surface area (Å²) >= 11 is 0. The standard InChI is InChI=1S/C32H54O3/c1-20(2)10-9-11-21(3)25-12-13-26-28-24(29(34)35-30(4,5)6)19-22-18-23(33)14-16-31(22,7)27(28)15-17-32(25,26)8/h19-21,23-28,33H,9-18H2,1-8H3/t21-,23+,24+,25-,26+,27+,28+,31+,32-/m1/s1. The first-order chi connectivity index (χ1) is 16.3. The lowest BCUT2D eigenvalue weighted by Gasteiger charge is -2.60. The number of esters is 1. The topological polar surface area (TPSA) is 46.5 Å². The fourth-order valence-electron chi connectivity index (χ4n) is 9.28. The van der Waals surface area contributed by atoms with E-state index in [9.17, 15) is 9.90 Å². The maximum atomic E-state index is 13.7. The average molecular weight is 487 g/mol. The monoisotopic (exact) mass is 486 g/mol. The van der Waals surface area contributed by atoms with E-state index in [4.69, 9.17) is 4.74 Å². The van der Waals surface area contributed by atoms with Gasteiger partial charge in [-0.05, 0) is 112 Å². The number of fused-ring (bicyclic) bond motifs is 5. The molecule has 0 bridgehead atoms. The predicted octanol–water partition coefficient (Wildman–Crippen LogP) is 7.96. The molecule has 4 aliphatic rings. The highest BCUT2D eigenvalue weighted by molar-refractivity contribution is 5.76. The summed E-state index contributed by atoms with van der Waals surface area (Å²) in [6, 6.07) is 0. The molecule has 0 aromatic carbocycles. The van der Waals surface area contributed by atoms with E-state index in [1.54, 1.807) is 0 Å². The van der Waals surface area contributed by atoms with Gasteiger partial charge in [-0.3, -0.25) is 4.79 Å². The van der Waals surface area contributed by atoms with Crippen LogP contribution in [0.1, 0.15) is 120 Å². The van der Waals surface area contributed by atoms with Crippen LogP contribution in [0.4, 0.5) is 0 Å². The SMILES string of the molecule is CC(C)CCC[C@@H](C)[C@H]1CC[C@H]2[C@@H]3[C@@H](C(=O)OC(C)(C)C)C=C4C[C@@H](O)CC[C@]4(C)[C@H]3CC[C@]12C. The van der Waals surface area contributed by atoms with Gasteiger partial charge in [0.1, 0.15) is 5.60 Å². The molecule has 0 spiro atoms. The van der Waals surface area contributed by atoms with Gasteiger partial charge < -0.3 is 9.84 Å². The van der Waals surface area contributed by atoms with Crippen LogP contribution in [-0.4, -0.2) is 22.8 Å². The van der Waals surface area contributed by atoms with Crippen LogP contribution in [-0.2, 0) is 9.53 Å². The van der Waals surface area contributed by atoms with Crippen molar-refractivity contribution in [1.29, 1.82) is 0 Å². The number of hydrogen-bond donors (Lipinski definition) is 1. The molecule has 0 heterocycles. The van der Waals surface area contributed by atoms with Crippen molar-refractivity contribution in [2.24, 2.45) is 52.3 Å². The van der Waals surface area contributed by atoms with Crippen molar-refractivity contribution in [3.8, 4) is 0 Å². The highest BCUT2D eigenvalue weighted by Gasteiger charge is 2.62. The van der Waals surface area contributed by atoms with Crippen molar-refractivity contribution in [1.82, 2.24) is 0 Å². The molecular formula is C32H54O3. The molecule has 200 valence electrons. The molecule has 3 heteroatoms. The van der Waals surface area contributed by atoms with Crippen LogP contribution in [0.15, 0.2) is 11.6 Å². The first-order valence-electron chi connectivity index (χ1n) is 14.9. The van der Waals surface area contributed by atoms with Gasteiger partial charge in [0, 0.05) is 0 Å². The zero-order chi connectivity index (χ0) is 25.8. The van der Waals surface area contributed by atoms with Gasteiger partial charge in [0.15, 0.2) is 0 Å². The van der Waals surface area contributed by atoms with Gasteiger partial charge in [-0.2, -0.15) is 0 Å². The van der Waals surface area contributed by atoms with Gasteiger partial charge in [-0.1, -0.05) is 65.5 Å². The molecule has 3 saturated carbocycles. The van der Waals surface area contributed by atoms with E-state index < -0.39 is 5.60 Å². The second-order valence-electron chi connectivity index (χ2n) is 14.9. The number of aliphatic hydroxyl groups is 1. The average Bonchev–Trinajstić information content (AvgIpc) is 3.09. The minimum Gasteiger partial charge on any atom is -0.460 e. The molecule has 4 aliphatic carbocycles. The van der Waals surface area contributed by atoms with E-state index in [0.29, 0.717) is 23.2 Å². The molecule has 0 unspecified atom stereocenters. The molecule has 3 nitrogen and oxygen atoms in total. The summed E-state index contributed by atoms with van der Waals surface area (Å²) in [5.41, 5.74) is 1.33. The lowest BCUT2D eigenvalue weighted by molar-refractivity contribution is -0.167. The summed E-state index contributed by atoms with van der Waals surface area (Å²) < 4.78 is 6.05. The Bertz CT molecular complexity index is 806. The zero-order valence-electron chi connectivity index (χ0n) is 24.0. The highest BCUT2D eigenvalue weighted by atomic mass is 16.6. The molecule has 0 saturated heterocycles. The fourth-order valence-corrected chi connectivity index (χ4v) is 9.28. The molecule has 3 fully saturated rings. The molecule has 9 atom stereocenters. The summed E-state index contributed by atoms with van der Waals surface area (Å²) in [7, 11) is 0. The zero-order valence-corrected chi connectivity index (χ0v) is 24.0. The molecule has 0 radical (unpaired) electrons. The largest absolute Gasteiger partial charge is 0.460 e. The number of rotatable bonds is 6. The molecular weight excluding hydrogens is 432 g/mol. The number of hydrogen-bond acceptors (Lipinski definition) is 3. The number of aliphatic hydroxyl groups excluding tert-OH is 1. The van der Waals surface area contributed by atoms with E-state index in [2.05, 4.69) is 40.7 Å². The maximum Gasteiger partial charge on any atom is 0.313 e.